The van der Waals surface area contributed by atoms with Gasteiger partial charge in [-0.2, -0.15) is 0 Å². The fourth-order valence-electron chi connectivity index (χ4n) is 4.41. The van der Waals surface area contributed by atoms with Crippen LogP contribution in [0.15, 0.2) is 18.2 Å². The van der Waals surface area contributed by atoms with Gasteiger partial charge in [0.05, 0.1) is 16.5 Å². The number of β-lactam (4-membered cyclic amide) rings is 1. The summed E-state index contributed by atoms with van der Waals surface area (Å²) in [5, 5.41) is 31.2. The lowest BCUT2D eigenvalue weighted by molar-refractivity contribution is -0.158. The number of carbonyl (C=O) groups is 4. The summed E-state index contributed by atoms with van der Waals surface area (Å²) < 4.78 is 4.51. The van der Waals surface area contributed by atoms with Crippen LogP contribution in [0.2, 0.25) is 0 Å². The first-order valence-corrected chi connectivity index (χ1v) is 11.4. The third-order valence-corrected chi connectivity index (χ3v) is 7.80. The Morgan fingerprint density at radius 1 is 1.21 bits per heavy atom. The van der Waals surface area contributed by atoms with E-state index in [4.69, 9.17) is 4.74 Å². The van der Waals surface area contributed by atoms with E-state index in [1.165, 1.54) is 39.8 Å². The zero-order chi connectivity index (χ0) is 23.9. The third kappa shape index (κ3) is 4.39. The minimum Gasteiger partial charge on any atom is -0.504 e. The van der Waals surface area contributed by atoms with Gasteiger partial charge in [0.25, 0.3) is 5.91 Å². The summed E-state index contributed by atoms with van der Waals surface area (Å²) in [6.07, 6.45) is 0.730. The number of phenolic OH excluding ortho intramolecular Hbond substituents is 2. The molecular formula is C21H25N3O8S. The second-order valence-corrected chi connectivity index (χ2v) is 10.3. The number of nitrogens with one attached hydrogen (secondary N) is 1. The molecule has 178 valence electrons. The van der Waals surface area contributed by atoms with Crippen LogP contribution in [0.5, 0.6) is 11.5 Å². The van der Waals surface area contributed by atoms with Crippen molar-refractivity contribution in [1.82, 2.24) is 15.1 Å². The summed E-state index contributed by atoms with van der Waals surface area (Å²) in [5.74, 6) is -2.41. The summed E-state index contributed by atoms with van der Waals surface area (Å²) in [6.45, 7) is 2.26. The minimum absolute atomic E-state index is 0.130. The predicted octanol–water partition coefficient (Wildman–Crippen LogP) is 0.946. The van der Waals surface area contributed by atoms with E-state index >= 15 is 0 Å². The van der Waals surface area contributed by atoms with Crippen LogP contribution < -0.4 is 5.32 Å². The number of aliphatic carboxylic acids is 1. The zero-order valence-corrected chi connectivity index (χ0v) is 18.7. The lowest BCUT2D eigenvalue weighted by atomic mass is 9.97. The van der Waals surface area contributed by atoms with Gasteiger partial charge in [0.1, 0.15) is 12.6 Å². The number of nitrogens with zero attached hydrogens (tertiary/aromatic N) is 2. The molecule has 0 aliphatic carbocycles. The number of thioether (sulfide) groups is 1. The molecule has 12 heteroatoms. The molecule has 1 aromatic carbocycles. The molecule has 3 unspecified atom stereocenters. The number of piperidine rings is 1. The lowest BCUT2D eigenvalue weighted by Gasteiger charge is -2.37. The van der Waals surface area contributed by atoms with E-state index < -0.39 is 28.8 Å². The Hall–Kier alpha value is -3.15. The van der Waals surface area contributed by atoms with Crippen LogP contribution in [-0.4, -0.2) is 90.9 Å². The molecule has 3 atom stereocenters. The number of phenols is 2. The second-order valence-electron chi connectivity index (χ2n) is 8.62. The van der Waals surface area contributed by atoms with Crippen molar-refractivity contribution in [1.29, 1.82) is 0 Å². The highest BCUT2D eigenvalue weighted by Crippen LogP contribution is 2.51. The van der Waals surface area contributed by atoms with Crippen LogP contribution in [0.3, 0.4) is 0 Å². The first-order chi connectivity index (χ1) is 15.6. The standard InChI is InChI=1S/C21H25N3O8S/c1-21(17(19(29)30)24-15(27)9-16(24)33-21)10-32-20(31)23-6-4-12(5-7-23)22-18(28)11-2-3-13(25)14(26)8-11/h2-3,8,12,16-17,25-26H,4-7,9-10H2,1H3,(H,22,28)(H,29,30). The Morgan fingerprint density at radius 2 is 1.91 bits per heavy atom. The number of rotatable bonds is 5. The first-order valence-electron chi connectivity index (χ1n) is 10.6. The number of hydrogen-bond donors (Lipinski definition) is 4. The minimum atomic E-state index is -1.12. The average Bonchev–Trinajstić information content (AvgIpc) is 3.02. The molecule has 1 aromatic rings. The molecule has 0 radical (unpaired) electrons. The number of hydrogen-bond acceptors (Lipinski definition) is 8. The second kappa shape index (κ2) is 8.65. The Morgan fingerprint density at radius 3 is 2.52 bits per heavy atom. The fourth-order valence-corrected chi connectivity index (χ4v) is 6.08. The number of aromatic hydroxyl groups is 2. The van der Waals surface area contributed by atoms with Crippen LogP contribution >= 0.6 is 11.8 Å². The first kappa shape index (κ1) is 23.0. The van der Waals surface area contributed by atoms with Crippen molar-refractivity contribution in [2.75, 3.05) is 19.7 Å². The SMILES string of the molecule is CC1(COC(=O)N2CCC(NC(=O)c3ccc(O)c(O)c3)CC2)SC2CC(=O)N2C1C(=O)O. The van der Waals surface area contributed by atoms with E-state index in [0.29, 0.717) is 32.4 Å². The van der Waals surface area contributed by atoms with Gasteiger partial charge in [-0.1, -0.05) is 0 Å². The van der Waals surface area contributed by atoms with Gasteiger partial charge in [0.15, 0.2) is 11.5 Å². The van der Waals surface area contributed by atoms with Crippen LogP contribution in [0.4, 0.5) is 4.79 Å². The number of carboxylic acids is 1. The number of amides is 3. The number of fused-ring (bicyclic) bond motifs is 1. The summed E-state index contributed by atoms with van der Waals surface area (Å²) in [7, 11) is 0. The Balaban J connectivity index is 1.26. The van der Waals surface area contributed by atoms with E-state index in [2.05, 4.69) is 5.32 Å². The Kier molecular flexibility index (Phi) is 6.04. The normalized spacial score (nSPS) is 27.0. The van der Waals surface area contributed by atoms with Crippen LogP contribution in [-0.2, 0) is 14.3 Å². The van der Waals surface area contributed by atoms with Crippen LogP contribution in [0, 0.1) is 0 Å². The van der Waals surface area contributed by atoms with Gasteiger partial charge in [-0.05, 0) is 38.0 Å². The van der Waals surface area contributed by atoms with Gasteiger partial charge in [0, 0.05) is 24.7 Å². The fraction of sp³-hybridized carbons (Fsp3) is 0.524. The number of carbonyl (C=O) groups excluding carboxylic acids is 3. The van der Waals surface area contributed by atoms with Gasteiger partial charge in [0.2, 0.25) is 5.91 Å². The zero-order valence-electron chi connectivity index (χ0n) is 17.9. The number of ether oxygens (including phenoxy) is 1. The van der Waals surface area contributed by atoms with Gasteiger partial charge < -0.3 is 35.2 Å². The molecule has 0 spiro atoms. The molecule has 33 heavy (non-hydrogen) atoms. The summed E-state index contributed by atoms with van der Waals surface area (Å²) in [5.41, 5.74) is 0.214. The maximum absolute atomic E-state index is 12.6. The monoisotopic (exact) mass is 479 g/mol. The molecule has 3 heterocycles. The molecule has 0 aromatic heterocycles. The quantitative estimate of drug-likeness (QED) is 0.356. The summed E-state index contributed by atoms with van der Waals surface area (Å²) in [6, 6.07) is 2.60. The van der Waals surface area contributed by atoms with Crippen molar-refractivity contribution >= 4 is 35.6 Å². The molecule has 4 N–H and O–H groups in total. The molecule has 3 amide bonds. The van der Waals surface area contributed by atoms with Gasteiger partial charge in [-0.3, -0.25) is 9.59 Å². The van der Waals surface area contributed by atoms with Crippen molar-refractivity contribution < 1.29 is 39.2 Å². The smallest absolute Gasteiger partial charge is 0.409 e. The highest BCUT2D eigenvalue weighted by atomic mass is 32.2. The summed E-state index contributed by atoms with van der Waals surface area (Å²) in [4.78, 5) is 51.3. The van der Waals surface area contributed by atoms with Crippen LogP contribution in [0.25, 0.3) is 0 Å². The maximum Gasteiger partial charge on any atom is 0.409 e. The molecule has 3 saturated heterocycles. The number of carboxylic acid groups (broad SMARTS) is 1. The Labute approximate surface area is 193 Å². The third-order valence-electron chi connectivity index (χ3n) is 6.25. The molecule has 3 fully saturated rings. The van der Waals surface area contributed by atoms with Crippen molar-refractivity contribution in [3.63, 3.8) is 0 Å². The average molecular weight is 480 g/mol. The topological polar surface area (TPSA) is 157 Å². The predicted molar refractivity (Wildman–Crippen MR) is 116 cm³/mol. The van der Waals surface area contributed by atoms with Gasteiger partial charge >= 0.3 is 12.1 Å². The molecule has 4 rings (SSSR count). The van der Waals surface area contributed by atoms with E-state index in [1.807, 2.05) is 0 Å². The Bertz CT molecular complexity index is 996. The number of benzene rings is 1. The molecular weight excluding hydrogens is 454 g/mol. The van der Waals surface area contributed by atoms with E-state index in [0.717, 1.165) is 0 Å². The van der Waals surface area contributed by atoms with Crippen LogP contribution in [0.1, 0.15) is 36.5 Å². The molecule has 0 bridgehead atoms. The van der Waals surface area contributed by atoms with Crippen molar-refractivity contribution in [2.24, 2.45) is 0 Å². The lowest BCUT2D eigenvalue weighted by Crippen LogP contribution is -2.58. The maximum atomic E-state index is 12.6. The highest BCUT2D eigenvalue weighted by Gasteiger charge is 2.61. The van der Waals surface area contributed by atoms with Gasteiger partial charge in [-0.15, -0.1) is 11.8 Å². The number of likely N-dealkylation sites (tertiary alicyclic amines) is 1. The van der Waals surface area contributed by atoms with Crippen molar-refractivity contribution in [2.45, 2.75) is 48.4 Å². The summed E-state index contributed by atoms with van der Waals surface area (Å²) >= 11 is 1.35. The molecule has 11 nitrogen and oxygen atoms in total. The van der Waals surface area contributed by atoms with E-state index in [-0.39, 0.29) is 41.0 Å². The van der Waals surface area contributed by atoms with Crippen molar-refractivity contribution in [3.05, 3.63) is 23.8 Å². The molecule has 0 saturated carbocycles. The highest BCUT2D eigenvalue weighted by molar-refractivity contribution is 8.01. The van der Waals surface area contributed by atoms with E-state index in [9.17, 15) is 34.5 Å². The van der Waals surface area contributed by atoms with E-state index in [1.54, 1.807) is 6.92 Å². The van der Waals surface area contributed by atoms with Gasteiger partial charge in [-0.25, -0.2) is 9.59 Å². The largest absolute Gasteiger partial charge is 0.504 e. The van der Waals surface area contributed by atoms with Crippen molar-refractivity contribution in [3.8, 4) is 11.5 Å². The molecule has 3 aliphatic rings. The molecule has 3 aliphatic heterocycles.